The van der Waals surface area contributed by atoms with Crippen molar-refractivity contribution < 1.29 is 23.8 Å². The summed E-state index contributed by atoms with van der Waals surface area (Å²) < 4.78 is 16.2. The molecule has 1 amide bonds. The molecule has 0 bridgehead atoms. The van der Waals surface area contributed by atoms with Crippen LogP contribution in [0.4, 0.5) is 5.69 Å². The van der Waals surface area contributed by atoms with Crippen LogP contribution in [0.3, 0.4) is 0 Å². The number of hydrogen-bond donors (Lipinski definition) is 1. The van der Waals surface area contributed by atoms with Gasteiger partial charge in [0.2, 0.25) is 0 Å². The van der Waals surface area contributed by atoms with Gasteiger partial charge in [0.15, 0.2) is 18.1 Å². The van der Waals surface area contributed by atoms with E-state index in [0.29, 0.717) is 30.4 Å². The number of esters is 1. The quantitative estimate of drug-likeness (QED) is 0.820. The zero-order valence-electron chi connectivity index (χ0n) is 15.5. The molecule has 0 fully saturated rings. The van der Waals surface area contributed by atoms with Crippen molar-refractivity contribution in [2.45, 2.75) is 26.7 Å². The van der Waals surface area contributed by atoms with E-state index in [0.717, 1.165) is 17.5 Å². The van der Waals surface area contributed by atoms with Gasteiger partial charge in [-0.1, -0.05) is 18.2 Å². The number of anilines is 1. The van der Waals surface area contributed by atoms with Gasteiger partial charge in [0.05, 0.1) is 19.6 Å². The Labute approximate surface area is 158 Å². The number of ether oxygens (including phenoxy) is 3. The Morgan fingerprint density at radius 1 is 1.00 bits per heavy atom. The van der Waals surface area contributed by atoms with Crippen molar-refractivity contribution >= 4 is 17.6 Å². The van der Waals surface area contributed by atoms with Gasteiger partial charge in [0, 0.05) is 18.2 Å². The third kappa shape index (κ3) is 5.23. The second-order valence-electron chi connectivity index (χ2n) is 6.52. The Morgan fingerprint density at radius 3 is 2.56 bits per heavy atom. The van der Waals surface area contributed by atoms with Crippen molar-refractivity contribution in [3.63, 3.8) is 0 Å². The molecule has 3 rings (SSSR count). The van der Waals surface area contributed by atoms with Crippen molar-refractivity contribution in [2.75, 3.05) is 25.1 Å². The Balaban J connectivity index is 1.50. The molecule has 0 saturated heterocycles. The van der Waals surface area contributed by atoms with Crippen LogP contribution in [-0.2, 0) is 20.7 Å². The summed E-state index contributed by atoms with van der Waals surface area (Å²) in [5, 5.41) is 2.70. The fourth-order valence-electron chi connectivity index (χ4n) is 2.72. The zero-order valence-corrected chi connectivity index (χ0v) is 15.5. The van der Waals surface area contributed by atoms with E-state index in [1.807, 2.05) is 32.0 Å². The van der Waals surface area contributed by atoms with Crippen molar-refractivity contribution in [1.29, 1.82) is 0 Å². The Hall–Kier alpha value is -3.02. The van der Waals surface area contributed by atoms with Crippen molar-refractivity contribution in [2.24, 2.45) is 0 Å². The minimum Gasteiger partial charge on any atom is -0.490 e. The highest BCUT2D eigenvalue weighted by atomic mass is 16.5. The highest BCUT2D eigenvalue weighted by Crippen LogP contribution is 2.32. The smallest absolute Gasteiger partial charge is 0.310 e. The lowest BCUT2D eigenvalue weighted by atomic mass is 10.0. The molecule has 2 aromatic rings. The summed E-state index contributed by atoms with van der Waals surface area (Å²) in [5.41, 5.74) is 3.72. The van der Waals surface area contributed by atoms with E-state index in [2.05, 4.69) is 5.32 Å². The largest absolute Gasteiger partial charge is 0.490 e. The van der Waals surface area contributed by atoms with E-state index in [-0.39, 0.29) is 13.0 Å². The van der Waals surface area contributed by atoms with Crippen molar-refractivity contribution in [1.82, 2.24) is 0 Å². The van der Waals surface area contributed by atoms with E-state index in [1.54, 1.807) is 18.2 Å². The molecule has 27 heavy (non-hydrogen) atoms. The number of hydrogen-bond acceptors (Lipinski definition) is 5. The summed E-state index contributed by atoms with van der Waals surface area (Å²) in [7, 11) is 0. The zero-order chi connectivity index (χ0) is 19.2. The molecule has 1 aliphatic rings. The lowest BCUT2D eigenvalue weighted by molar-refractivity contribution is -0.146. The van der Waals surface area contributed by atoms with E-state index in [1.165, 1.54) is 5.56 Å². The van der Waals surface area contributed by atoms with Crippen LogP contribution in [0.25, 0.3) is 0 Å². The van der Waals surface area contributed by atoms with Gasteiger partial charge >= 0.3 is 5.97 Å². The normalized spacial score (nSPS) is 12.8. The maximum absolute atomic E-state index is 12.0. The van der Waals surface area contributed by atoms with Gasteiger partial charge in [0.1, 0.15) is 0 Å². The number of fused-ring (bicyclic) bond motifs is 1. The molecule has 142 valence electrons. The van der Waals surface area contributed by atoms with E-state index >= 15 is 0 Å². The Kier molecular flexibility index (Phi) is 5.96. The monoisotopic (exact) mass is 369 g/mol. The summed E-state index contributed by atoms with van der Waals surface area (Å²) in [6.45, 7) is 4.85. The van der Waals surface area contributed by atoms with Crippen LogP contribution >= 0.6 is 0 Å². The molecule has 6 heteroatoms. The van der Waals surface area contributed by atoms with E-state index in [9.17, 15) is 9.59 Å². The molecule has 0 radical (unpaired) electrons. The highest BCUT2D eigenvalue weighted by molar-refractivity contribution is 5.93. The highest BCUT2D eigenvalue weighted by Gasteiger charge is 2.13. The first kappa shape index (κ1) is 18.8. The average Bonchev–Trinajstić information content (AvgIpc) is 2.88. The SMILES string of the molecule is Cc1ccc(CC(=O)OCC(=O)Nc2ccc3c(c2)OCCCO3)cc1C. The summed E-state index contributed by atoms with van der Waals surface area (Å²) in [6, 6.07) is 11.0. The third-order valence-electron chi connectivity index (χ3n) is 4.32. The van der Waals surface area contributed by atoms with Crippen LogP contribution in [0, 0.1) is 13.8 Å². The average molecular weight is 369 g/mol. The topological polar surface area (TPSA) is 73.9 Å². The first-order chi connectivity index (χ1) is 13.0. The molecule has 0 aliphatic carbocycles. The number of carbonyl (C=O) groups excluding carboxylic acids is 2. The third-order valence-corrected chi connectivity index (χ3v) is 4.32. The fraction of sp³-hybridized carbons (Fsp3) is 0.333. The second-order valence-corrected chi connectivity index (χ2v) is 6.52. The first-order valence-corrected chi connectivity index (χ1v) is 8.92. The summed E-state index contributed by atoms with van der Waals surface area (Å²) in [4.78, 5) is 24.0. The molecule has 1 aliphatic heterocycles. The standard InChI is InChI=1S/C21H23NO5/c1-14-4-5-16(10-15(14)2)11-21(24)27-13-20(23)22-17-6-7-18-19(12-17)26-9-3-8-25-18/h4-7,10,12H,3,8-9,11,13H2,1-2H3,(H,22,23). The molecule has 0 spiro atoms. The molecule has 0 aromatic heterocycles. The predicted octanol–water partition coefficient (Wildman–Crippen LogP) is 3.19. The Morgan fingerprint density at radius 2 is 1.78 bits per heavy atom. The minimum absolute atomic E-state index is 0.137. The molecular formula is C21H23NO5. The van der Waals surface area contributed by atoms with Crippen molar-refractivity contribution in [3.05, 3.63) is 53.1 Å². The fourth-order valence-corrected chi connectivity index (χ4v) is 2.72. The number of nitrogens with one attached hydrogen (secondary N) is 1. The molecule has 2 aromatic carbocycles. The van der Waals surface area contributed by atoms with Gasteiger partial charge < -0.3 is 19.5 Å². The molecular weight excluding hydrogens is 346 g/mol. The van der Waals surface area contributed by atoms with Gasteiger partial charge in [-0.15, -0.1) is 0 Å². The number of carbonyl (C=O) groups is 2. The number of aryl methyl sites for hydroxylation is 2. The first-order valence-electron chi connectivity index (χ1n) is 8.92. The molecule has 1 N–H and O–H groups in total. The van der Waals surface area contributed by atoms with Crippen molar-refractivity contribution in [3.8, 4) is 11.5 Å². The maximum Gasteiger partial charge on any atom is 0.310 e. The summed E-state index contributed by atoms with van der Waals surface area (Å²) >= 11 is 0. The molecule has 0 atom stereocenters. The maximum atomic E-state index is 12.0. The van der Waals surface area contributed by atoms with Crippen LogP contribution in [0.2, 0.25) is 0 Å². The van der Waals surface area contributed by atoms with Crippen LogP contribution in [-0.4, -0.2) is 31.7 Å². The van der Waals surface area contributed by atoms with Gasteiger partial charge in [-0.25, -0.2) is 0 Å². The molecule has 1 heterocycles. The van der Waals surface area contributed by atoms with Crippen LogP contribution in [0.5, 0.6) is 11.5 Å². The van der Waals surface area contributed by atoms with Gasteiger partial charge in [-0.2, -0.15) is 0 Å². The lowest BCUT2D eigenvalue weighted by Crippen LogP contribution is -2.21. The van der Waals surface area contributed by atoms with E-state index < -0.39 is 11.9 Å². The number of benzene rings is 2. The van der Waals surface area contributed by atoms with Gasteiger partial charge in [-0.3, -0.25) is 9.59 Å². The van der Waals surface area contributed by atoms with E-state index in [4.69, 9.17) is 14.2 Å². The Bertz CT molecular complexity index is 846. The van der Waals surface area contributed by atoms with Crippen LogP contribution in [0.1, 0.15) is 23.1 Å². The molecule has 0 unspecified atom stereocenters. The van der Waals surface area contributed by atoms with Crippen LogP contribution < -0.4 is 14.8 Å². The number of rotatable bonds is 5. The summed E-state index contributed by atoms with van der Waals surface area (Å²) in [6.07, 6.45) is 0.950. The minimum atomic E-state index is -0.438. The number of amides is 1. The second kappa shape index (κ2) is 8.58. The predicted molar refractivity (Wildman–Crippen MR) is 101 cm³/mol. The lowest BCUT2D eigenvalue weighted by Gasteiger charge is -2.11. The van der Waals surface area contributed by atoms with Gasteiger partial charge in [-0.05, 0) is 42.7 Å². The van der Waals surface area contributed by atoms with Gasteiger partial charge in [0.25, 0.3) is 5.91 Å². The molecule has 0 saturated carbocycles. The molecule has 6 nitrogen and oxygen atoms in total. The van der Waals surface area contributed by atoms with Crippen LogP contribution in [0.15, 0.2) is 36.4 Å². The summed E-state index contributed by atoms with van der Waals surface area (Å²) in [5.74, 6) is 0.410.